The minimum absolute atomic E-state index is 0.00673. The second-order valence-corrected chi connectivity index (χ2v) is 12.6. The zero-order chi connectivity index (χ0) is 28.8. The molecular weight excluding hydrogens is 550 g/mol. The number of thiophene rings is 1. The number of quaternary nitrogens is 1. The number of carbonyl (C=O) groups excluding carboxylic acids is 1. The fraction of sp³-hybridized carbons (Fsp3) is 0.455. The number of nitrogens with one attached hydrogen (secondary N) is 1. The van der Waals surface area contributed by atoms with Crippen LogP contribution in [0, 0.1) is 0 Å². The van der Waals surface area contributed by atoms with Gasteiger partial charge in [0, 0.05) is 27.9 Å². The summed E-state index contributed by atoms with van der Waals surface area (Å²) in [6.45, 7) is 5.43. The van der Waals surface area contributed by atoms with Crippen LogP contribution in [-0.2, 0) is 9.47 Å². The minimum atomic E-state index is -0.525. The topological polar surface area (TPSA) is 80.9 Å². The summed E-state index contributed by atoms with van der Waals surface area (Å²) in [6, 6.07) is 17.9. The molecule has 1 N–H and O–H groups in total. The van der Waals surface area contributed by atoms with Crippen molar-refractivity contribution < 1.29 is 23.5 Å². The van der Waals surface area contributed by atoms with Gasteiger partial charge in [-0.25, -0.2) is 4.79 Å². The zero-order valence-corrected chi connectivity index (χ0v) is 24.9. The van der Waals surface area contributed by atoms with E-state index in [2.05, 4.69) is 39.5 Å². The third-order valence-electron chi connectivity index (χ3n) is 8.77. The van der Waals surface area contributed by atoms with Gasteiger partial charge < -0.3 is 24.1 Å². The number of benzene rings is 2. The van der Waals surface area contributed by atoms with Gasteiger partial charge in [-0.1, -0.05) is 12.5 Å². The number of aromatic amines is 1. The molecule has 0 radical (unpaired) electrons. The van der Waals surface area contributed by atoms with Gasteiger partial charge in [0.05, 0.1) is 44.8 Å². The summed E-state index contributed by atoms with van der Waals surface area (Å²) >= 11 is 1.78. The van der Waals surface area contributed by atoms with Gasteiger partial charge in [-0.15, -0.1) is 11.3 Å². The number of anilines is 1. The van der Waals surface area contributed by atoms with Crippen molar-refractivity contribution in [1.29, 1.82) is 0 Å². The van der Waals surface area contributed by atoms with E-state index in [1.807, 2.05) is 24.3 Å². The Morgan fingerprint density at radius 2 is 1.83 bits per heavy atom. The summed E-state index contributed by atoms with van der Waals surface area (Å²) in [7, 11) is 0. The number of rotatable bonds is 10. The van der Waals surface area contributed by atoms with Crippen LogP contribution in [0.2, 0.25) is 0 Å². The maximum atomic E-state index is 12.6. The molecule has 222 valence electrons. The molecule has 2 aromatic carbocycles. The summed E-state index contributed by atoms with van der Waals surface area (Å²) in [6.07, 6.45) is 6.62. The Labute approximate surface area is 250 Å². The minimum Gasteiger partial charge on any atom is -0.494 e. The van der Waals surface area contributed by atoms with E-state index in [4.69, 9.17) is 14.2 Å². The molecule has 9 heteroatoms. The van der Waals surface area contributed by atoms with E-state index >= 15 is 0 Å². The van der Waals surface area contributed by atoms with Gasteiger partial charge in [0.1, 0.15) is 11.9 Å². The highest BCUT2D eigenvalue weighted by molar-refractivity contribution is 7.17. The highest BCUT2D eigenvalue weighted by Gasteiger charge is 2.35. The molecule has 4 aromatic rings. The highest BCUT2D eigenvalue weighted by atomic mass is 32.1. The van der Waals surface area contributed by atoms with Crippen LogP contribution in [0.3, 0.4) is 0 Å². The lowest BCUT2D eigenvalue weighted by atomic mass is 9.98. The van der Waals surface area contributed by atoms with Crippen molar-refractivity contribution in [1.82, 2.24) is 4.98 Å². The summed E-state index contributed by atoms with van der Waals surface area (Å²) in [5.41, 5.74) is 1.94. The van der Waals surface area contributed by atoms with Gasteiger partial charge in [-0.05, 0) is 85.7 Å². The second-order valence-electron chi connectivity index (χ2n) is 11.6. The number of H-pyrrole nitrogens is 1. The van der Waals surface area contributed by atoms with Crippen molar-refractivity contribution in [3.05, 3.63) is 70.3 Å². The first-order valence-electron chi connectivity index (χ1n) is 15.2. The van der Waals surface area contributed by atoms with Crippen LogP contribution >= 0.6 is 11.3 Å². The van der Waals surface area contributed by atoms with Gasteiger partial charge in [-0.2, -0.15) is 0 Å². The summed E-state index contributed by atoms with van der Waals surface area (Å²) in [4.78, 5) is 29.6. The Morgan fingerprint density at radius 1 is 1.00 bits per heavy atom. The van der Waals surface area contributed by atoms with Crippen LogP contribution in [0.1, 0.15) is 44.9 Å². The third kappa shape index (κ3) is 6.90. The van der Waals surface area contributed by atoms with Gasteiger partial charge in [0.25, 0.3) is 0 Å². The number of aromatic nitrogens is 1. The van der Waals surface area contributed by atoms with Gasteiger partial charge in [-0.3, -0.25) is 9.28 Å². The predicted molar refractivity (Wildman–Crippen MR) is 168 cm³/mol. The van der Waals surface area contributed by atoms with Crippen molar-refractivity contribution in [2.24, 2.45) is 0 Å². The number of carbonyl (C=O) groups is 1. The molecule has 0 bridgehead atoms. The average Bonchev–Trinajstić information content (AvgIpc) is 3.50. The van der Waals surface area contributed by atoms with Crippen LogP contribution in [0.5, 0.6) is 5.75 Å². The lowest BCUT2D eigenvalue weighted by Gasteiger charge is -2.44. The molecule has 0 unspecified atom stereocenters. The molecule has 8 nitrogen and oxygen atoms in total. The Morgan fingerprint density at radius 3 is 2.69 bits per heavy atom. The number of fused-ring (bicyclic) bond motifs is 2. The number of pyridine rings is 1. The van der Waals surface area contributed by atoms with Crippen molar-refractivity contribution >= 4 is 44.2 Å². The standard InChI is InChI=1S/C33H39N3O5S/c37-32-14-12-25-11-13-27(23-29(25)34-32)39-21-5-4-18-36(24-40-33(38)41-26-7-2-1-3-8-26)19-16-35(17-20-36)30-9-6-10-31-28(30)15-22-42-31/h6,9-15,22-23,26H,1-5,7-8,16-21,24H2/p+1. The smallest absolute Gasteiger partial charge is 0.494 e. The molecule has 1 saturated heterocycles. The highest BCUT2D eigenvalue weighted by Crippen LogP contribution is 2.32. The van der Waals surface area contributed by atoms with Crippen molar-refractivity contribution in [3.8, 4) is 5.75 Å². The van der Waals surface area contributed by atoms with Crippen LogP contribution in [-0.4, -0.2) is 67.8 Å². The summed E-state index contributed by atoms with van der Waals surface area (Å²) < 4.78 is 19.5. The third-order valence-corrected chi connectivity index (χ3v) is 9.65. The van der Waals surface area contributed by atoms with Crippen LogP contribution < -0.4 is 15.2 Å². The maximum absolute atomic E-state index is 12.6. The molecule has 1 saturated carbocycles. The quantitative estimate of drug-likeness (QED) is 0.126. The second kappa shape index (κ2) is 13.2. The first-order valence-corrected chi connectivity index (χ1v) is 16.1. The monoisotopic (exact) mass is 590 g/mol. The lowest BCUT2D eigenvalue weighted by molar-refractivity contribution is -0.944. The molecule has 0 amide bonds. The molecule has 0 spiro atoms. The van der Waals surface area contributed by atoms with Crippen molar-refractivity contribution in [2.75, 3.05) is 51.0 Å². The Balaban J connectivity index is 1.05. The molecule has 3 heterocycles. The first-order chi connectivity index (χ1) is 20.6. The number of nitrogens with zero attached hydrogens (tertiary/aromatic N) is 2. The molecule has 6 rings (SSSR count). The molecule has 2 aliphatic rings. The van der Waals surface area contributed by atoms with Crippen molar-refractivity contribution in [2.45, 2.75) is 51.0 Å². The molecule has 42 heavy (non-hydrogen) atoms. The van der Waals surface area contributed by atoms with Gasteiger partial charge in [0.15, 0.2) is 0 Å². The molecule has 2 aromatic heterocycles. The number of ether oxygens (including phenoxy) is 3. The number of unbranched alkanes of at least 4 members (excludes halogenated alkanes) is 1. The van der Waals surface area contributed by atoms with Crippen LogP contribution in [0.15, 0.2) is 64.8 Å². The fourth-order valence-electron chi connectivity index (χ4n) is 6.30. The molecule has 2 fully saturated rings. The maximum Gasteiger partial charge on any atom is 0.512 e. The van der Waals surface area contributed by atoms with Crippen molar-refractivity contribution in [3.63, 3.8) is 0 Å². The van der Waals surface area contributed by atoms with Gasteiger partial charge in [0.2, 0.25) is 12.3 Å². The average molecular weight is 591 g/mol. The zero-order valence-electron chi connectivity index (χ0n) is 24.1. The van der Waals surface area contributed by atoms with Crippen LogP contribution in [0.4, 0.5) is 10.5 Å². The van der Waals surface area contributed by atoms with Crippen LogP contribution in [0.25, 0.3) is 21.0 Å². The Bertz CT molecular complexity index is 1550. The van der Waals surface area contributed by atoms with Gasteiger partial charge >= 0.3 is 6.16 Å². The van der Waals surface area contributed by atoms with E-state index < -0.39 is 6.16 Å². The molecule has 1 aliphatic heterocycles. The van der Waals surface area contributed by atoms with E-state index in [9.17, 15) is 9.59 Å². The Hall–Kier alpha value is -3.56. The first kappa shape index (κ1) is 28.6. The molecular formula is C33H40N3O5S+. The van der Waals surface area contributed by atoms with E-state index in [1.165, 1.54) is 28.3 Å². The number of hydrogen-bond donors (Lipinski definition) is 1. The molecule has 1 aliphatic carbocycles. The lowest BCUT2D eigenvalue weighted by Crippen LogP contribution is -2.61. The van der Waals surface area contributed by atoms with E-state index in [-0.39, 0.29) is 11.7 Å². The summed E-state index contributed by atoms with van der Waals surface area (Å²) in [5, 5.41) is 4.44. The number of hydrogen-bond acceptors (Lipinski definition) is 7. The van der Waals surface area contributed by atoms with E-state index in [0.717, 1.165) is 92.4 Å². The fourth-order valence-corrected chi connectivity index (χ4v) is 7.11. The normalized spacial score (nSPS) is 17.4. The van der Waals surface area contributed by atoms with E-state index in [1.54, 1.807) is 11.3 Å². The predicted octanol–water partition coefficient (Wildman–Crippen LogP) is 6.68. The SMILES string of the molecule is O=C(OC[N+]1(CCCCOc2ccc3ccc(=O)[nH]c3c2)CCN(c2cccc3sccc23)CC1)OC1CCCCC1. The van der Waals surface area contributed by atoms with E-state index in [0.29, 0.717) is 13.3 Å². The number of piperazine rings is 1. The Kier molecular flexibility index (Phi) is 8.95. The largest absolute Gasteiger partial charge is 0.512 e. The summed E-state index contributed by atoms with van der Waals surface area (Å²) in [5.74, 6) is 0.748. The molecule has 0 atom stereocenters.